The predicted molar refractivity (Wildman–Crippen MR) is 64.8 cm³/mol. The summed E-state index contributed by atoms with van der Waals surface area (Å²) >= 11 is 0. The van der Waals surface area contributed by atoms with E-state index in [2.05, 4.69) is 0 Å². The van der Waals surface area contributed by atoms with Crippen molar-refractivity contribution in [3.05, 3.63) is 35.6 Å². The first kappa shape index (κ1) is 13.9. The Kier molecular flexibility index (Phi) is 3.84. The van der Waals surface area contributed by atoms with Gasteiger partial charge in [-0.3, -0.25) is 4.79 Å². The van der Waals surface area contributed by atoms with Crippen LogP contribution in [0.25, 0.3) is 0 Å². The minimum atomic E-state index is -4.59. The van der Waals surface area contributed by atoms with Gasteiger partial charge >= 0.3 is 10.2 Å². The number of rotatable bonds is 4. The second-order valence-electron chi connectivity index (χ2n) is 4.64. The first-order valence-corrected chi connectivity index (χ1v) is 7.34. The number of amides is 1. The predicted octanol–water partition coefficient (Wildman–Crippen LogP) is 1.47. The Bertz CT molecular complexity index is 588. The lowest BCUT2D eigenvalue weighted by Crippen LogP contribution is -2.25. The third-order valence-electron chi connectivity index (χ3n) is 3.05. The lowest BCUT2D eigenvalue weighted by atomic mass is 10.1. The Labute approximate surface area is 110 Å². The SMILES string of the molecule is O=C1CC(CS(=O)(=O)F)CN1Cc1ccccc1F. The lowest BCUT2D eigenvalue weighted by Gasteiger charge is -2.16. The van der Waals surface area contributed by atoms with Crippen LogP contribution >= 0.6 is 0 Å². The van der Waals surface area contributed by atoms with Crippen LogP contribution < -0.4 is 0 Å². The van der Waals surface area contributed by atoms with Crippen molar-refractivity contribution in [2.45, 2.75) is 13.0 Å². The Morgan fingerprint density at radius 2 is 2.00 bits per heavy atom. The van der Waals surface area contributed by atoms with E-state index >= 15 is 0 Å². The molecule has 1 heterocycles. The number of hydrogen-bond acceptors (Lipinski definition) is 3. The molecule has 0 aliphatic carbocycles. The molecule has 1 aliphatic rings. The van der Waals surface area contributed by atoms with Gasteiger partial charge in [0.05, 0.1) is 5.75 Å². The number of benzene rings is 1. The van der Waals surface area contributed by atoms with Crippen LogP contribution in [-0.4, -0.2) is 31.5 Å². The molecule has 1 fully saturated rings. The fraction of sp³-hybridized carbons (Fsp3) is 0.417. The fourth-order valence-corrected chi connectivity index (χ4v) is 3.02. The molecule has 1 unspecified atom stereocenters. The first-order chi connectivity index (χ1) is 8.85. The first-order valence-electron chi connectivity index (χ1n) is 5.78. The average molecular weight is 289 g/mol. The molecule has 1 atom stereocenters. The Morgan fingerprint density at radius 3 is 2.63 bits per heavy atom. The smallest absolute Gasteiger partial charge is 0.302 e. The van der Waals surface area contributed by atoms with Gasteiger partial charge in [0.15, 0.2) is 0 Å². The molecule has 1 aliphatic heterocycles. The van der Waals surface area contributed by atoms with Gasteiger partial charge < -0.3 is 4.90 Å². The summed E-state index contributed by atoms with van der Waals surface area (Å²) in [4.78, 5) is 13.0. The third-order valence-corrected chi connectivity index (χ3v) is 3.92. The zero-order valence-electron chi connectivity index (χ0n) is 10.1. The highest BCUT2D eigenvalue weighted by molar-refractivity contribution is 7.86. The van der Waals surface area contributed by atoms with Crippen LogP contribution in [0.5, 0.6) is 0 Å². The standard InChI is InChI=1S/C12H13F2NO3S/c13-11-4-2-1-3-10(11)7-15-6-9(5-12(15)16)8-19(14,17)18/h1-4,9H,5-8H2. The maximum absolute atomic E-state index is 13.4. The van der Waals surface area contributed by atoms with Gasteiger partial charge in [0.1, 0.15) is 5.82 Å². The maximum atomic E-state index is 13.4. The second kappa shape index (κ2) is 5.24. The van der Waals surface area contributed by atoms with Crippen LogP contribution in [0.2, 0.25) is 0 Å². The van der Waals surface area contributed by atoms with E-state index in [0.29, 0.717) is 5.56 Å². The number of halogens is 2. The molecule has 7 heteroatoms. The van der Waals surface area contributed by atoms with E-state index in [-0.39, 0.29) is 25.4 Å². The van der Waals surface area contributed by atoms with Gasteiger partial charge in [-0.2, -0.15) is 8.42 Å². The molecule has 0 radical (unpaired) electrons. The van der Waals surface area contributed by atoms with Gasteiger partial charge in [-0.05, 0) is 6.07 Å². The van der Waals surface area contributed by atoms with Gasteiger partial charge in [-0.1, -0.05) is 18.2 Å². The molecule has 1 amide bonds. The van der Waals surface area contributed by atoms with Crippen molar-refractivity contribution in [3.8, 4) is 0 Å². The topological polar surface area (TPSA) is 54.5 Å². The Balaban J connectivity index is 2.03. The van der Waals surface area contributed by atoms with Gasteiger partial charge in [-0.15, -0.1) is 3.89 Å². The highest BCUT2D eigenvalue weighted by Gasteiger charge is 2.32. The number of carbonyl (C=O) groups is 1. The second-order valence-corrected chi connectivity index (χ2v) is 6.05. The normalized spacial score (nSPS) is 20.0. The summed E-state index contributed by atoms with van der Waals surface area (Å²) in [6, 6.07) is 6.05. The molecule has 1 aromatic rings. The molecule has 0 N–H and O–H groups in total. The minimum Gasteiger partial charge on any atom is -0.338 e. The highest BCUT2D eigenvalue weighted by Crippen LogP contribution is 2.22. The van der Waals surface area contributed by atoms with Crippen molar-refractivity contribution in [1.29, 1.82) is 0 Å². The van der Waals surface area contributed by atoms with Crippen molar-refractivity contribution >= 4 is 16.1 Å². The average Bonchev–Trinajstić information content (AvgIpc) is 2.60. The van der Waals surface area contributed by atoms with E-state index in [9.17, 15) is 21.5 Å². The summed E-state index contributed by atoms with van der Waals surface area (Å²) in [7, 11) is -4.59. The number of likely N-dealkylation sites (tertiary alicyclic amines) is 1. The fourth-order valence-electron chi connectivity index (χ4n) is 2.23. The molecule has 19 heavy (non-hydrogen) atoms. The van der Waals surface area contributed by atoms with E-state index in [0.717, 1.165) is 0 Å². The van der Waals surface area contributed by atoms with Crippen LogP contribution in [0.3, 0.4) is 0 Å². The van der Waals surface area contributed by atoms with Gasteiger partial charge in [-0.25, -0.2) is 4.39 Å². The minimum absolute atomic E-state index is 0.0163. The molecular weight excluding hydrogens is 276 g/mol. The molecule has 0 spiro atoms. The summed E-state index contributed by atoms with van der Waals surface area (Å²) < 4.78 is 47.1. The van der Waals surface area contributed by atoms with Gasteiger partial charge in [0.25, 0.3) is 0 Å². The van der Waals surface area contributed by atoms with E-state index in [4.69, 9.17) is 0 Å². The van der Waals surface area contributed by atoms with Crippen LogP contribution in [0.4, 0.5) is 8.28 Å². The summed E-state index contributed by atoms with van der Waals surface area (Å²) in [6.45, 7) is 0.213. The van der Waals surface area contributed by atoms with Crippen LogP contribution in [0.1, 0.15) is 12.0 Å². The molecule has 1 aromatic carbocycles. The monoisotopic (exact) mass is 289 g/mol. The van der Waals surface area contributed by atoms with E-state index < -0.39 is 27.7 Å². The zero-order chi connectivity index (χ0) is 14.0. The highest BCUT2D eigenvalue weighted by atomic mass is 32.3. The van der Waals surface area contributed by atoms with Crippen molar-refractivity contribution in [3.63, 3.8) is 0 Å². The van der Waals surface area contributed by atoms with E-state index in [1.165, 1.54) is 11.0 Å². The van der Waals surface area contributed by atoms with Gasteiger partial charge in [0, 0.05) is 31.0 Å². The third kappa shape index (κ3) is 3.73. The van der Waals surface area contributed by atoms with Crippen LogP contribution in [0, 0.1) is 11.7 Å². The van der Waals surface area contributed by atoms with Crippen LogP contribution in [-0.2, 0) is 21.6 Å². The molecule has 104 valence electrons. The molecule has 4 nitrogen and oxygen atoms in total. The largest absolute Gasteiger partial charge is 0.338 e. The Hall–Kier alpha value is -1.50. The number of nitrogens with zero attached hydrogens (tertiary/aromatic N) is 1. The van der Waals surface area contributed by atoms with Crippen LogP contribution in [0.15, 0.2) is 24.3 Å². The van der Waals surface area contributed by atoms with Crippen molar-refractivity contribution in [2.24, 2.45) is 5.92 Å². The maximum Gasteiger partial charge on any atom is 0.302 e. The van der Waals surface area contributed by atoms with E-state index in [1.54, 1.807) is 18.2 Å². The summed E-state index contributed by atoms with van der Waals surface area (Å²) in [5, 5.41) is 0. The van der Waals surface area contributed by atoms with Crippen molar-refractivity contribution in [2.75, 3.05) is 12.3 Å². The number of carbonyl (C=O) groups excluding carboxylic acids is 1. The van der Waals surface area contributed by atoms with Gasteiger partial charge in [0.2, 0.25) is 5.91 Å². The Morgan fingerprint density at radius 1 is 1.32 bits per heavy atom. The summed E-state index contributed by atoms with van der Waals surface area (Å²) in [5.41, 5.74) is 0.361. The number of hydrogen-bond donors (Lipinski definition) is 0. The molecule has 2 rings (SSSR count). The van der Waals surface area contributed by atoms with E-state index in [1.807, 2.05) is 0 Å². The summed E-state index contributed by atoms with van der Waals surface area (Å²) in [5.74, 6) is -1.92. The molecular formula is C12H13F2NO3S. The quantitative estimate of drug-likeness (QED) is 0.789. The lowest BCUT2D eigenvalue weighted by molar-refractivity contribution is -0.128. The van der Waals surface area contributed by atoms with Crippen molar-refractivity contribution < 1.29 is 21.5 Å². The molecule has 0 saturated carbocycles. The molecule has 1 saturated heterocycles. The molecule has 0 aromatic heterocycles. The van der Waals surface area contributed by atoms with Crippen molar-refractivity contribution in [1.82, 2.24) is 4.90 Å². The zero-order valence-corrected chi connectivity index (χ0v) is 10.9. The molecule has 0 bridgehead atoms. The summed E-state index contributed by atoms with van der Waals surface area (Å²) in [6.07, 6.45) is -0.0163.